The predicted molar refractivity (Wildman–Crippen MR) is 123 cm³/mol. The van der Waals surface area contributed by atoms with Gasteiger partial charge in [0.15, 0.2) is 11.6 Å². The maximum absolute atomic E-state index is 15.1. The number of halogens is 4. The Hall–Kier alpha value is -4.15. The Bertz CT molecular complexity index is 1100. The van der Waals surface area contributed by atoms with Crippen molar-refractivity contribution in [3.05, 3.63) is 35.7 Å². The van der Waals surface area contributed by atoms with Gasteiger partial charge in [-0.2, -0.15) is 8.78 Å². The number of anilines is 2. The molecule has 17 heteroatoms. The molecular weight excluding hydrogens is 520 g/mol. The van der Waals surface area contributed by atoms with Gasteiger partial charge in [0.1, 0.15) is 17.5 Å². The first kappa shape index (κ1) is 28.4. The lowest BCUT2D eigenvalue weighted by Gasteiger charge is -2.28. The van der Waals surface area contributed by atoms with Crippen LogP contribution in [-0.4, -0.2) is 90.9 Å². The second-order valence-corrected chi connectivity index (χ2v) is 7.91. The van der Waals surface area contributed by atoms with E-state index in [2.05, 4.69) is 20.7 Å². The third-order valence-corrected chi connectivity index (χ3v) is 5.50. The molecule has 3 N–H and O–H groups in total. The summed E-state index contributed by atoms with van der Waals surface area (Å²) in [5.74, 6) is -3.49. The molecule has 0 saturated carbocycles. The summed E-state index contributed by atoms with van der Waals surface area (Å²) < 4.78 is 59.8. The van der Waals surface area contributed by atoms with Gasteiger partial charge in [-0.3, -0.25) is 19.6 Å². The highest BCUT2D eigenvalue weighted by Crippen LogP contribution is 2.31. The third-order valence-electron chi connectivity index (χ3n) is 5.50. The van der Waals surface area contributed by atoms with Crippen LogP contribution in [-0.2, 0) is 20.9 Å². The molecule has 1 atom stereocenters. The number of hydrogen-bond acceptors (Lipinski definition) is 8. The number of carbonyl (C=O) groups excluding carboxylic acids is 3. The van der Waals surface area contributed by atoms with E-state index in [0.29, 0.717) is 5.69 Å². The number of ether oxygens (including phenoxy) is 1. The molecule has 38 heavy (non-hydrogen) atoms. The molecule has 2 aromatic rings. The molecule has 0 unspecified atom stereocenters. The first-order valence-electron chi connectivity index (χ1n) is 11.4. The molecule has 0 bridgehead atoms. The fourth-order valence-electron chi connectivity index (χ4n) is 3.62. The molecule has 1 fully saturated rings. The van der Waals surface area contributed by atoms with Crippen molar-refractivity contribution in [3.63, 3.8) is 0 Å². The van der Waals surface area contributed by atoms with Crippen molar-refractivity contribution in [2.75, 3.05) is 49.6 Å². The standard InChI is InChI=1S/C21H26F4N8O5/c1-3-31(4-5-33(37-2)20(35)27-8-12-9-28-30-29-12)17-15(22)6-13(7-16(17)23)32-11-14(38-21(32)36)10-26-19(34)18(24)25/h6-7,9,14,18H,3-5,8,10-11H2,1-2H3,(H,26,34)(H,27,35)(H,28,29,30)/t14-/m0/s1. The van der Waals surface area contributed by atoms with Gasteiger partial charge in [-0.15, -0.1) is 5.10 Å². The van der Waals surface area contributed by atoms with Gasteiger partial charge < -0.3 is 20.3 Å². The zero-order valence-corrected chi connectivity index (χ0v) is 20.4. The molecule has 1 aromatic carbocycles. The van der Waals surface area contributed by atoms with E-state index in [9.17, 15) is 23.2 Å². The quantitative estimate of drug-likeness (QED) is 0.268. The first-order chi connectivity index (χ1) is 18.1. The van der Waals surface area contributed by atoms with Crippen molar-refractivity contribution >= 4 is 29.4 Å². The summed E-state index contributed by atoms with van der Waals surface area (Å²) in [5, 5.41) is 15.2. The van der Waals surface area contributed by atoms with Crippen LogP contribution < -0.4 is 20.4 Å². The number of urea groups is 1. The van der Waals surface area contributed by atoms with Crippen LogP contribution in [0.4, 0.5) is 38.5 Å². The summed E-state index contributed by atoms with van der Waals surface area (Å²) in [6, 6.07) is 1.26. The minimum Gasteiger partial charge on any atom is -0.442 e. The van der Waals surface area contributed by atoms with Crippen LogP contribution in [0.2, 0.25) is 0 Å². The van der Waals surface area contributed by atoms with Gasteiger partial charge >= 0.3 is 18.5 Å². The zero-order valence-electron chi connectivity index (χ0n) is 20.4. The Balaban J connectivity index is 1.63. The van der Waals surface area contributed by atoms with E-state index in [-0.39, 0.29) is 50.6 Å². The normalized spacial score (nSPS) is 15.0. The number of cyclic esters (lactones) is 1. The second kappa shape index (κ2) is 12.9. The largest absolute Gasteiger partial charge is 0.442 e. The number of H-pyrrole nitrogens is 1. The highest BCUT2D eigenvalue weighted by atomic mass is 19.3. The van der Waals surface area contributed by atoms with Gasteiger partial charge in [0, 0.05) is 31.4 Å². The fourth-order valence-corrected chi connectivity index (χ4v) is 3.62. The smallest absolute Gasteiger partial charge is 0.414 e. The number of rotatable bonds is 12. The molecule has 0 spiro atoms. The van der Waals surface area contributed by atoms with Gasteiger partial charge in [-0.1, -0.05) is 5.21 Å². The van der Waals surface area contributed by atoms with Crippen LogP contribution >= 0.6 is 0 Å². The number of hydrogen-bond donors (Lipinski definition) is 3. The maximum Gasteiger partial charge on any atom is 0.414 e. The SMILES string of the molecule is CCN(CCN(OC)C(=O)NCc1c[nH]nn1)c1c(F)cc(N2C[C@H](CNC(=O)C(F)F)OC2=O)cc1F. The Morgan fingerprint density at radius 3 is 2.55 bits per heavy atom. The number of likely N-dealkylation sites (N-methyl/N-ethyl adjacent to an activating group) is 1. The lowest BCUT2D eigenvalue weighted by Crippen LogP contribution is -2.43. The predicted octanol–water partition coefficient (Wildman–Crippen LogP) is 1.39. The topological polar surface area (TPSA) is 145 Å². The zero-order chi connectivity index (χ0) is 27.8. The van der Waals surface area contributed by atoms with Crippen LogP contribution in [0, 0.1) is 11.6 Å². The van der Waals surface area contributed by atoms with Gasteiger partial charge in [0.05, 0.1) is 39.0 Å². The molecule has 13 nitrogen and oxygen atoms in total. The summed E-state index contributed by atoms with van der Waals surface area (Å²) >= 11 is 0. The maximum atomic E-state index is 15.1. The van der Waals surface area contributed by atoms with E-state index >= 15 is 8.78 Å². The molecule has 1 saturated heterocycles. The summed E-state index contributed by atoms with van der Waals surface area (Å²) in [7, 11) is 1.27. The summed E-state index contributed by atoms with van der Waals surface area (Å²) in [6.45, 7) is 1.24. The lowest BCUT2D eigenvalue weighted by molar-refractivity contribution is -0.132. The second-order valence-electron chi connectivity index (χ2n) is 7.91. The number of hydroxylamine groups is 2. The van der Waals surface area contributed by atoms with Crippen molar-refractivity contribution in [1.29, 1.82) is 0 Å². The number of aromatic nitrogens is 3. The van der Waals surface area contributed by atoms with E-state index < -0.39 is 42.2 Å². The first-order valence-corrected chi connectivity index (χ1v) is 11.4. The van der Waals surface area contributed by atoms with Crippen LogP contribution in [0.1, 0.15) is 12.6 Å². The number of benzene rings is 1. The molecule has 208 valence electrons. The van der Waals surface area contributed by atoms with Gasteiger partial charge in [0.25, 0.3) is 5.91 Å². The number of nitrogens with zero attached hydrogens (tertiary/aromatic N) is 5. The Morgan fingerprint density at radius 2 is 1.97 bits per heavy atom. The molecule has 3 rings (SSSR count). The van der Waals surface area contributed by atoms with Crippen LogP contribution in [0.25, 0.3) is 0 Å². The molecule has 4 amide bonds. The molecule has 2 heterocycles. The summed E-state index contributed by atoms with van der Waals surface area (Å²) in [6.07, 6.45) is -3.67. The van der Waals surface area contributed by atoms with Crippen molar-refractivity contribution < 1.29 is 41.5 Å². The summed E-state index contributed by atoms with van der Waals surface area (Å²) in [5.41, 5.74) is -0.0539. The van der Waals surface area contributed by atoms with Crippen LogP contribution in [0.15, 0.2) is 18.3 Å². The van der Waals surface area contributed by atoms with Crippen LogP contribution in [0.3, 0.4) is 0 Å². The Kier molecular flexibility index (Phi) is 9.64. The van der Waals surface area contributed by atoms with E-state index in [1.165, 1.54) is 18.2 Å². The third kappa shape index (κ3) is 6.99. The van der Waals surface area contributed by atoms with Crippen molar-refractivity contribution in [3.8, 4) is 0 Å². The van der Waals surface area contributed by atoms with E-state index in [4.69, 9.17) is 9.57 Å². The number of alkyl halides is 2. The van der Waals surface area contributed by atoms with Crippen molar-refractivity contribution in [1.82, 2.24) is 31.1 Å². The number of carbonyl (C=O) groups is 3. The fraction of sp³-hybridized carbons (Fsp3) is 0.476. The lowest BCUT2D eigenvalue weighted by atomic mass is 10.2. The van der Waals surface area contributed by atoms with Gasteiger partial charge in [0.2, 0.25) is 0 Å². The monoisotopic (exact) mass is 546 g/mol. The van der Waals surface area contributed by atoms with E-state index in [1.807, 2.05) is 5.32 Å². The number of nitrogens with one attached hydrogen (secondary N) is 3. The minimum absolute atomic E-state index is 0.00737. The minimum atomic E-state index is -3.23. The van der Waals surface area contributed by atoms with E-state index in [1.54, 1.807) is 6.92 Å². The Morgan fingerprint density at radius 1 is 1.26 bits per heavy atom. The van der Waals surface area contributed by atoms with Gasteiger partial charge in [-0.25, -0.2) is 23.4 Å². The molecule has 0 aliphatic carbocycles. The number of amides is 4. The Labute approximate surface area is 214 Å². The average molecular weight is 546 g/mol. The molecule has 1 aliphatic heterocycles. The molecule has 1 aromatic heterocycles. The molecule has 0 radical (unpaired) electrons. The average Bonchev–Trinajstić information content (AvgIpc) is 3.54. The molecule has 1 aliphatic rings. The molecular formula is C21H26F4N8O5. The highest BCUT2D eigenvalue weighted by molar-refractivity contribution is 5.90. The van der Waals surface area contributed by atoms with Crippen molar-refractivity contribution in [2.24, 2.45) is 0 Å². The van der Waals surface area contributed by atoms with Crippen LogP contribution in [0.5, 0.6) is 0 Å². The number of aromatic amines is 1. The summed E-state index contributed by atoms with van der Waals surface area (Å²) in [4.78, 5) is 42.9. The van der Waals surface area contributed by atoms with Crippen molar-refractivity contribution in [2.45, 2.75) is 26.0 Å². The highest BCUT2D eigenvalue weighted by Gasteiger charge is 2.34. The van der Waals surface area contributed by atoms with Gasteiger partial charge in [-0.05, 0) is 6.92 Å². The van der Waals surface area contributed by atoms with E-state index in [0.717, 1.165) is 22.1 Å².